The number of likely N-dealkylation sites (tertiary alicyclic amines) is 1. The summed E-state index contributed by atoms with van der Waals surface area (Å²) < 4.78 is 0. The van der Waals surface area contributed by atoms with Crippen molar-refractivity contribution in [2.24, 2.45) is 5.92 Å². The zero-order valence-corrected chi connectivity index (χ0v) is 10.7. The van der Waals surface area contributed by atoms with E-state index in [1.165, 1.54) is 12.8 Å². The summed E-state index contributed by atoms with van der Waals surface area (Å²) in [4.78, 5) is 2.50. The van der Waals surface area contributed by atoms with E-state index in [9.17, 15) is 5.11 Å². The molecule has 0 spiro atoms. The highest BCUT2D eigenvalue weighted by molar-refractivity contribution is 4.90. The fourth-order valence-electron chi connectivity index (χ4n) is 3.03. The van der Waals surface area contributed by atoms with Gasteiger partial charge in [-0.15, -0.1) is 0 Å². The summed E-state index contributed by atoms with van der Waals surface area (Å²) in [7, 11) is 0. The number of hydrogen-bond acceptors (Lipinski definition) is 3. The van der Waals surface area contributed by atoms with Crippen molar-refractivity contribution in [1.29, 1.82) is 0 Å². The Morgan fingerprint density at radius 2 is 1.94 bits per heavy atom. The molecular weight excluding hydrogens is 200 g/mol. The monoisotopic (exact) mass is 226 g/mol. The van der Waals surface area contributed by atoms with Crippen molar-refractivity contribution in [2.75, 3.05) is 26.2 Å². The average molecular weight is 226 g/mol. The SMILES string of the molecule is CC1CCC(C)N(CC2(O)CCNCC2)C1. The zero-order valence-electron chi connectivity index (χ0n) is 10.7. The molecule has 2 aliphatic heterocycles. The minimum absolute atomic E-state index is 0.434. The Balaban J connectivity index is 1.91. The Bertz CT molecular complexity index is 226. The molecule has 2 unspecified atom stereocenters. The Kier molecular flexibility index (Phi) is 3.88. The molecule has 2 fully saturated rings. The van der Waals surface area contributed by atoms with Crippen LogP contribution in [0.1, 0.15) is 39.5 Å². The summed E-state index contributed by atoms with van der Waals surface area (Å²) in [6, 6.07) is 0.648. The third-order valence-corrected chi connectivity index (χ3v) is 4.28. The first-order valence-electron chi connectivity index (χ1n) is 6.76. The lowest BCUT2D eigenvalue weighted by atomic mass is 9.88. The number of β-amino-alcohol motifs (C(OH)–C–C–N with tert-alkyl or cyclic N) is 1. The minimum atomic E-state index is -0.434. The number of rotatable bonds is 2. The molecule has 0 aliphatic carbocycles. The smallest absolute Gasteiger partial charge is 0.0798 e. The number of hydrogen-bond donors (Lipinski definition) is 2. The number of aliphatic hydroxyl groups is 1. The van der Waals surface area contributed by atoms with E-state index >= 15 is 0 Å². The van der Waals surface area contributed by atoms with E-state index in [0.717, 1.165) is 44.9 Å². The fraction of sp³-hybridized carbons (Fsp3) is 1.00. The second-order valence-corrected chi connectivity index (χ2v) is 5.94. The van der Waals surface area contributed by atoms with Crippen LogP contribution in [0.25, 0.3) is 0 Å². The minimum Gasteiger partial charge on any atom is -0.388 e. The Labute approximate surface area is 99.2 Å². The molecule has 2 rings (SSSR count). The molecule has 0 amide bonds. The average Bonchev–Trinajstić information content (AvgIpc) is 2.24. The van der Waals surface area contributed by atoms with E-state index in [4.69, 9.17) is 0 Å². The van der Waals surface area contributed by atoms with Gasteiger partial charge >= 0.3 is 0 Å². The molecule has 2 aliphatic rings. The van der Waals surface area contributed by atoms with Gasteiger partial charge in [-0.2, -0.15) is 0 Å². The second-order valence-electron chi connectivity index (χ2n) is 5.94. The summed E-state index contributed by atoms with van der Waals surface area (Å²) in [6.07, 6.45) is 4.45. The van der Waals surface area contributed by atoms with Crippen LogP contribution in [-0.2, 0) is 0 Å². The summed E-state index contributed by atoms with van der Waals surface area (Å²) in [5, 5.41) is 13.9. The first kappa shape index (κ1) is 12.3. The van der Waals surface area contributed by atoms with Crippen molar-refractivity contribution in [3.05, 3.63) is 0 Å². The molecule has 0 saturated carbocycles. The molecule has 0 aromatic rings. The molecule has 0 bridgehead atoms. The third-order valence-electron chi connectivity index (χ3n) is 4.28. The molecule has 2 saturated heterocycles. The van der Waals surface area contributed by atoms with Crippen molar-refractivity contribution < 1.29 is 5.11 Å². The third kappa shape index (κ3) is 2.96. The molecular formula is C13H26N2O. The fourth-order valence-corrected chi connectivity index (χ4v) is 3.03. The molecule has 0 aromatic heterocycles. The van der Waals surface area contributed by atoms with Crippen LogP contribution in [0.5, 0.6) is 0 Å². The molecule has 0 radical (unpaired) electrons. The van der Waals surface area contributed by atoms with Gasteiger partial charge in [0.05, 0.1) is 5.60 Å². The number of nitrogens with zero attached hydrogens (tertiary/aromatic N) is 1. The molecule has 2 N–H and O–H groups in total. The summed E-state index contributed by atoms with van der Waals surface area (Å²) in [6.45, 7) is 8.60. The topological polar surface area (TPSA) is 35.5 Å². The summed E-state index contributed by atoms with van der Waals surface area (Å²) in [5.41, 5.74) is -0.434. The van der Waals surface area contributed by atoms with Crippen molar-refractivity contribution in [1.82, 2.24) is 10.2 Å². The Hall–Kier alpha value is -0.120. The first-order valence-corrected chi connectivity index (χ1v) is 6.76. The van der Waals surface area contributed by atoms with Gasteiger partial charge in [0.15, 0.2) is 0 Å². The summed E-state index contributed by atoms with van der Waals surface area (Å²) >= 11 is 0. The maximum atomic E-state index is 10.5. The van der Waals surface area contributed by atoms with Crippen LogP contribution < -0.4 is 5.32 Å². The first-order chi connectivity index (χ1) is 7.59. The lowest BCUT2D eigenvalue weighted by Gasteiger charge is -2.43. The van der Waals surface area contributed by atoms with E-state index in [1.54, 1.807) is 0 Å². The quantitative estimate of drug-likeness (QED) is 0.743. The van der Waals surface area contributed by atoms with Gasteiger partial charge in [0.2, 0.25) is 0 Å². The van der Waals surface area contributed by atoms with E-state index in [0.29, 0.717) is 6.04 Å². The maximum absolute atomic E-state index is 10.5. The summed E-state index contributed by atoms with van der Waals surface area (Å²) in [5.74, 6) is 0.793. The maximum Gasteiger partial charge on any atom is 0.0798 e. The van der Waals surface area contributed by atoms with Crippen molar-refractivity contribution >= 4 is 0 Å². The molecule has 3 nitrogen and oxygen atoms in total. The molecule has 2 heterocycles. The van der Waals surface area contributed by atoms with Gasteiger partial charge in [-0.3, -0.25) is 4.90 Å². The van der Waals surface area contributed by atoms with Gasteiger partial charge in [-0.25, -0.2) is 0 Å². The Morgan fingerprint density at radius 1 is 1.25 bits per heavy atom. The van der Waals surface area contributed by atoms with Crippen LogP contribution in [0.15, 0.2) is 0 Å². The van der Waals surface area contributed by atoms with Gasteiger partial charge in [0, 0.05) is 19.1 Å². The lowest BCUT2D eigenvalue weighted by molar-refractivity contribution is -0.0405. The highest BCUT2D eigenvalue weighted by Crippen LogP contribution is 2.26. The van der Waals surface area contributed by atoms with Crippen molar-refractivity contribution in [3.63, 3.8) is 0 Å². The van der Waals surface area contributed by atoms with Gasteiger partial charge < -0.3 is 10.4 Å². The van der Waals surface area contributed by atoms with Crippen LogP contribution in [0.2, 0.25) is 0 Å². The number of nitrogens with one attached hydrogen (secondary N) is 1. The van der Waals surface area contributed by atoms with Crippen LogP contribution in [0.4, 0.5) is 0 Å². The largest absolute Gasteiger partial charge is 0.388 e. The van der Waals surface area contributed by atoms with Gasteiger partial charge in [0.25, 0.3) is 0 Å². The number of piperidine rings is 2. The molecule has 16 heavy (non-hydrogen) atoms. The molecule has 0 aromatic carbocycles. The standard InChI is InChI=1S/C13H26N2O/c1-11-3-4-12(2)15(9-11)10-13(16)5-7-14-8-6-13/h11-12,14,16H,3-10H2,1-2H3. The predicted molar refractivity (Wildman–Crippen MR) is 66.5 cm³/mol. The van der Waals surface area contributed by atoms with E-state index in [2.05, 4.69) is 24.1 Å². The van der Waals surface area contributed by atoms with Gasteiger partial charge in [0.1, 0.15) is 0 Å². The van der Waals surface area contributed by atoms with Crippen molar-refractivity contribution in [2.45, 2.75) is 51.2 Å². The van der Waals surface area contributed by atoms with Crippen LogP contribution in [0, 0.1) is 5.92 Å². The lowest BCUT2D eigenvalue weighted by Crippen LogP contribution is -2.53. The second kappa shape index (κ2) is 5.03. The molecule has 2 atom stereocenters. The van der Waals surface area contributed by atoms with E-state index < -0.39 is 5.60 Å². The van der Waals surface area contributed by atoms with Crippen molar-refractivity contribution in [3.8, 4) is 0 Å². The van der Waals surface area contributed by atoms with Crippen LogP contribution >= 0.6 is 0 Å². The van der Waals surface area contributed by atoms with Gasteiger partial charge in [-0.1, -0.05) is 6.92 Å². The van der Waals surface area contributed by atoms with E-state index in [1.807, 2.05) is 0 Å². The Morgan fingerprint density at radius 3 is 2.62 bits per heavy atom. The van der Waals surface area contributed by atoms with E-state index in [-0.39, 0.29) is 0 Å². The molecule has 94 valence electrons. The highest BCUT2D eigenvalue weighted by atomic mass is 16.3. The van der Waals surface area contributed by atoms with Gasteiger partial charge in [-0.05, 0) is 51.6 Å². The van der Waals surface area contributed by atoms with Crippen LogP contribution in [0.3, 0.4) is 0 Å². The highest BCUT2D eigenvalue weighted by Gasteiger charge is 2.34. The predicted octanol–water partition coefficient (Wildman–Crippen LogP) is 1.22. The van der Waals surface area contributed by atoms with Crippen LogP contribution in [-0.4, -0.2) is 47.8 Å². The normalized spacial score (nSPS) is 36.2. The molecule has 3 heteroatoms. The zero-order chi connectivity index (χ0) is 11.6.